The quantitative estimate of drug-likeness (QED) is 0.464. The number of fused-ring (bicyclic) bond motifs is 2. The minimum atomic E-state index is -0.914. The van der Waals surface area contributed by atoms with E-state index in [4.69, 9.17) is 4.74 Å². The number of likely N-dealkylation sites (N-methyl/N-ethyl adjacent to an activating group) is 1. The fraction of sp³-hybridized carbons (Fsp3) is 0.263. The highest BCUT2D eigenvalue weighted by Gasteiger charge is 2.27. The number of tetrazole rings is 1. The van der Waals surface area contributed by atoms with Gasteiger partial charge < -0.3 is 14.7 Å². The van der Waals surface area contributed by atoms with Crippen LogP contribution in [0, 0.1) is 5.82 Å². The van der Waals surface area contributed by atoms with Crippen LogP contribution in [0.15, 0.2) is 35.4 Å². The first-order valence-corrected chi connectivity index (χ1v) is 10.3. The van der Waals surface area contributed by atoms with Crippen molar-refractivity contribution in [2.24, 2.45) is 0 Å². The van der Waals surface area contributed by atoms with Crippen LogP contribution in [-0.4, -0.2) is 54.4 Å². The Hall–Kier alpha value is -3.71. The fourth-order valence-electron chi connectivity index (χ4n) is 3.32. The van der Waals surface area contributed by atoms with Gasteiger partial charge in [-0.05, 0) is 28.8 Å². The van der Waals surface area contributed by atoms with Crippen molar-refractivity contribution in [3.63, 3.8) is 0 Å². The van der Waals surface area contributed by atoms with Gasteiger partial charge in [0.25, 0.3) is 11.5 Å². The molecule has 1 aliphatic rings. The van der Waals surface area contributed by atoms with Crippen molar-refractivity contribution in [1.29, 1.82) is 0 Å². The summed E-state index contributed by atoms with van der Waals surface area (Å²) < 4.78 is 20.6. The highest BCUT2D eigenvalue weighted by molar-refractivity contribution is 7.19. The Bertz CT molecular complexity index is 1400. The molecule has 0 bridgehead atoms. The molecule has 0 aliphatic carbocycles. The Labute approximate surface area is 183 Å². The smallest absolute Gasteiger partial charge is 0.281 e. The maximum Gasteiger partial charge on any atom is 0.281 e. The second-order valence-electron chi connectivity index (χ2n) is 7.18. The number of nitrogens with zero attached hydrogens (tertiary/aromatic N) is 7. The Morgan fingerprint density at radius 3 is 3.00 bits per heavy atom. The van der Waals surface area contributed by atoms with Gasteiger partial charge in [0.15, 0.2) is 18.1 Å². The van der Waals surface area contributed by atoms with E-state index in [1.54, 1.807) is 12.1 Å². The molecule has 1 amide bonds. The lowest BCUT2D eigenvalue weighted by molar-refractivity contribution is -0.121. The second kappa shape index (κ2) is 7.76. The molecule has 11 nitrogen and oxygen atoms in total. The SMILES string of the molecule is CN1C(=O)COc2ncn(Cc3nnn(C[C@H](O)c4cc5ccc(F)cc5s4)n3)c(=O)c21. The molecular formula is C19H16FN7O4S. The van der Waals surface area contributed by atoms with Crippen molar-refractivity contribution in [1.82, 2.24) is 29.8 Å². The first-order valence-electron chi connectivity index (χ1n) is 9.51. The molecule has 4 heterocycles. The van der Waals surface area contributed by atoms with Gasteiger partial charge in [0.2, 0.25) is 5.88 Å². The van der Waals surface area contributed by atoms with Crippen molar-refractivity contribution < 1.29 is 19.0 Å². The average molecular weight is 457 g/mol. The summed E-state index contributed by atoms with van der Waals surface area (Å²) in [5.74, 6) is -0.366. The maximum atomic E-state index is 13.4. The largest absolute Gasteiger partial charge is 0.466 e. The molecule has 1 atom stereocenters. The van der Waals surface area contributed by atoms with Crippen LogP contribution < -0.4 is 15.2 Å². The van der Waals surface area contributed by atoms with Gasteiger partial charge in [-0.2, -0.15) is 4.80 Å². The third-order valence-electron chi connectivity index (χ3n) is 4.99. The van der Waals surface area contributed by atoms with Crippen LogP contribution >= 0.6 is 11.3 Å². The van der Waals surface area contributed by atoms with Crippen molar-refractivity contribution in [3.8, 4) is 5.88 Å². The molecule has 1 N–H and O–H groups in total. The van der Waals surface area contributed by atoms with Crippen LogP contribution in [0.1, 0.15) is 16.8 Å². The normalized spacial score (nSPS) is 14.5. The highest BCUT2D eigenvalue weighted by atomic mass is 32.1. The second-order valence-corrected chi connectivity index (χ2v) is 8.30. The zero-order chi connectivity index (χ0) is 22.4. The number of aliphatic hydroxyl groups excluding tert-OH is 1. The summed E-state index contributed by atoms with van der Waals surface area (Å²) in [6, 6.07) is 6.24. The number of aromatic nitrogens is 6. The van der Waals surface area contributed by atoms with Crippen LogP contribution in [0.5, 0.6) is 5.88 Å². The average Bonchev–Trinajstić information content (AvgIpc) is 3.39. The molecule has 0 spiro atoms. The van der Waals surface area contributed by atoms with Crippen molar-refractivity contribution in [2.45, 2.75) is 19.2 Å². The van der Waals surface area contributed by atoms with E-state index in [1.807, 2.05) is 0 Å². The van der Waals surface area contributed by atoms with E-state index < -0.39 is 11.7 Å². The number of anilines is 1. The van der Waals surface area contributed by atoms with Gasteiger partial charge in [0.05, 0.1) is 13.1 Å². The predicted octanol–water partition coefficient (Wildman–Crippen LogP) is 0.721. The van der Waals surface area contributed by atoms with Gasteiger partial charge in [-0.15, -0.1) is 21.5 Å². The number of aliphatic hydroxyl groups is 1. The third-order valence-corrected chi connectivity index (χ3v) is 6.19. The molecule has 3 aromatic heterocycles. The third kappa shape index (κ3) is 3.61. The Morgan fingerprint density at radius 1 is 1.31 bits per heavy atom. The topological polar surface area (TPSA) is 128 Å². The highest BCUT2D eigenvalue weighted by Crippen LogP contribution is 2.31. The number of thiophene rings is 1. The Kier molecular flexibility index (Phi) is 4.90. The van der Waals surface area contributed by atoms with Crippen LogP contribution in [0.4, 0.5) is 10.1 Å². The molecule has 1 aliphatic heterocycles. The van der Waals surface area contributed by atoms with E-state index in [2.05, 4.69) is 20.4 Å². The van der Waals surface area contributed by atoms with E-state index in [0.717, 1.165) is 10.1 Å². The van der Waals surface area contributed by atoms with E-state index in [1.165, 1.54) is 51.1 Å². The first kappa shape index (κ1) is 20.2. The van der Waals surface area contributed by atoms with Crippen LogP contribution in [0.3, 0.4) is 0 Å². The lowest BCUT2D eigenvalue weighted by Crippen LogP contribution is -2.41. The number of carbonyl (C=O) groups excluding carboxylic acids is 1. The van der Waals surface area contributed by atoms with Gasteiger partial charge in [0.1, 0.15) is 18.2 Å². The van der Waals surface area contributed by atoms with Crippen molar-refractivity contribution >= 4 is 33.0 Å². The van der Waals surface area contributed by atoms with Crippen molar-refractivity contribution in [2.75, 3.05) is 18.6 Å². The van der Waals surface area contributed by atoms with E-state index in [9.17, 15) is 19.1 Å². The zero-order valence-electron chi connectivity index (χ0n) is 16.7. The summed E-state index contributed by atoms with van der Waals surface area (Å²) in [4.78, 5) is 31.7. The maximum absolute atomic E-state index is 13.4. The van der Waals surface area contributed by atoms with Gasteiger partial charge >= 0.3 is 0 Å². The summed E-state index contributed by atoms with van der Waals surface area (Å²) in [5.41, 5.74) is -0.424. The lowest BCUT2D eigenvalue weighted by atomic mass is 10.2. The Balaban J connectivity index is 1.33. The molecule has 4 aromatic rings. The first-order chi connectivity index (χ1) is 15.4. The van der Waals surface area contributed by atoms with Crippen LogP contribution in [0.2, 0.25) is 0 Å². The minimum absolute atomic E-state index is 0.0284. The van der Waals surface area contributed by atoms with Gasteiger partial charge in [-0.25, -0.2) is 9.37 Å². The number of ether oxygens (including phenoxy) is 1. The molecule has 13 heteroatoms. The molecule has 0 saturated carbocycles. The molecule has 0 unspecified atom stereocenters. The Morgan fingerprint density at radius 2 is 2.16 bits per heavy atom. The number of benzene rings is 1. The van der Waals surface area contributed by atoms with E-state index in [-0.39, 0.29) is 48.8 Å². The summed E-state index contributed by atoms with van der Waals surface area (Å²) in [6.45, 7) is -0.170. The van der Waals surface area contributed by atoms with Gasteiger partial charge in [0, 0.05) is 16.6 Å². The summed E-state index contributed by atoms with van der Waals surface area (Å²) in [7, 11) is 1.48. The molecule has 0 radical (unpaired) electrons. The molecule has 164 valence electrons. The molecule has 5 rings (SSSR count). The molecule has 0 fully saturated rings. The standard InChI is InChI=1S/C19H16FN7O4S/c1-25-16(29)8-31-18-17(25)19(30)26(9-21-18)7-15-22-24-27(23-15)6-12(28)14-4-10-2-3-11(20)5-13(10)32-14/h2-5,9,12,28H,6-8H2,1H3/t12-/m0/s1. The van der Waals surface area contributed by atoms with Gasteiger partial charge in [-0.3, -0.25) is 14.2 Å². The van der Waals surface area contributed by atoms with Gasteiger partial charge in [-0.1, -0.05) is 6.07 Å². The predicted molar refractivity (Wildman–Crippen MR) is 111 cm³/mol. The summed E-state index contributed by atoms with van der Waals surface area (Å²) in [5, 5.41) is 23.4. The van der Waals surface area contributed by atoms with E-state index >= 15 is 0 Å². The van der Waals surface area contributed by atoms with Crippen LogP contribution in [-0.2, 0) is 17.9 Å². The fourth-order valence-corrected chi connectivity index (χ4v) is 4.39. The molecule has 1 aromatic carbocycles. The number of amides is 1. The summed E-state index contributed by atoms with van der Waals surface area (Å²) >= 11 is 1.29. The number of carbonyl (C=O) groups is 1. The molecular weight excluding hydrogens is 441 g/mol. The molecule has 32 heavy (non-hydrogen) atoms. The number of halogens is 1. The number of hydrogen-bond acceptors (Lipinski definition) is 9. The lowest BCUT2D eigenvalue weighted by Gasteiger charge is -2.24. The van der Waals surface area contributed by atoms with Crippen molar-refractivity contribution in [3.05, 3.63) is 57.5 Å². The number of rotatable bonds is 5. The van der Waals surface area contributed by atoms with Crippen LogP contribution in [0.25, 0.3) is 10.1 Å². The van der Waals surface area contributed by atoms with E-state index in [0.29, 0.717) is 4.88 Å². The summed E-state index contributed by atoms with van der Waals surface area (Å²) in [6.07, 6.45) is 0.374. The molecule has 0 saturated heterocycles. The zero-order valence-corrected chi connectivity index (χ0v) is 17.5. The monoisotopic (exact) mass is 457 g/mol. The minimum Gasteiger partial charge on any atom is -0.466 e. The number of hydrogen-bond donors (Lipinski definition) is 1.